The van der Waals surface area contributed by atoms with Gasteiger partial charge in [0.15, 0.2) is 5.69 Å². The molecule has 0 spiro atoms. The Hall–Kier alpha value is -1.03. The van der Waals surface area contributed by atoms with Gasteiger partial charge in [-0.2, -0.15) is 0 Å². The van der Waals surface area contributed by atoms with Crippen LogP contribution < -0.4 is 5.32 Å². The zero-order valence-electron chi connectivity index (χ0n) is 8.21. The van der Waals surface area contributed by atoms with Gasteiger partial charge in [0.2, 0.25) is 0 Å². The summed E-state index contributed by atoms with van der Waals surface area (Å²) in [5, 5.41) is 6.34. The molecule has 0 aliphatic carbocycles. The van der Waals surface area contributed by atoms with Crippen LogP contribution in [-0.2, 0) is 0 Å². The Morgan fingerprint density at radius 2 is 2.50 bits per heavy atom. The zero-order chi connectivity index (χ0) is 10.6. The monoisotopic (exact) mass is 216 g/mol. The Balaban J connectivity index is 2.65. The molecule has 1 unspecified atom stereocenters. The molecule has 1 N–H and O–H groups in total. The molecule has 0 aromatic carbocycles. The van der Waals surface area contributed by atoms with Gasteiger partial charge in [-0.3, -0.25) is 4.79 Å². The van der Waals surface area contributed by atoms with Crippen molar-refractivity contribution in [2.24, 2.45) is 0 Å². The molecule has 1 aromatic rings. The number of nitrogens with one attached hydrogen (secondary N) is 1. The highest BCUT2D eigenvalue weighted by molar-refractivity contribution is 6.18. The quantitative estimate of drug-likeness (QED) is 0.781. The minimum atomic E-state index is -0.391. The molecule has 0 radical (unpaired) electrons. The predicted molar refractivity (Wildman–Crippen MR) is 53.4 cm³/mol. The molecule has 4 nitrogen and oxygen atoms in total. The molecule has 0 aliphatic rings. The summed E-state index contributed by atoms with van der Waals surface area (Å²) in [6.07, 6.45) is 2.12. The SMILES string of the molecule is CCC(C)(CCl)NC(=O)c1ccon1. The van der Waals surface area contributed by atoms with E-state index in [0.717, 1.165) is 6.42 Å². The number of hydrogen-bond donors (Lipinski definition) is 1. The maximum Gasteiger partial charge on any atom is 0.273 e. The van der Waals surface area contributed by atoms with Crippen LogP contribution in [0.1, 0.15) is 30.8 Å². The molecule has 0 saturated heterocycles. The summed E-state index contributed by atoms with van der Waals surface area (Å²) < 4.78 is 4.57. The molecular formula is C9H13ClN2O2. The average molecular weight is 217 g/mol. The molecule has 78 valence electrons. The van der Waals surface area contributed by atoms with Crippen molar-refractivity contribution < 1.29 is 9.32 Å². The van der Waals surface area contributed by atoms with Crippen LogP contribution in [0.4, 0.5) is 0 Å². The van der Waals surface area contributed by atoms with Crippen LogP contribution in [0.5, 0.6) is 0 Å². The van der Waals surface area contributed by atoms with E-state index < -0.39 is 5.54 Å². The summed E-state index contributed by atoms with van der Waals surface area (Å²) in [6.45, 7) is 3.85. The van der Waals surface area contributed by atoms with E-state index in [1.165, 1.54) is 12.3 Å². The van der Waals surface area contributed by atoms with Crippen molar-refractivity contribution in [1.29, 1.82) is 0 Å². The van der Waals surface area contributed by atoms with Crippen LogP contribution in [0.2, 0.25) is 0 Å². The van der Waals surface area contributed by atoms with E-state index in [1.807, 2.05) is 13.8 Å². The standard InChI is InChI=1S/C9H13ClN2O2/c1-3-9(2,6-10)11-8(13)7-4-5-14-12-7/h4-5H,3,6H2,1-2H3,(H,11,13). The lowest BCUT2D eigenvalue weighted by Crippen LogP contribution is -2.47. The fourth-order valence-electron chi connectivity index (χ4n) is 0.884. The third-order valence-corrected chi connectivity index (χ3v) is 2.75. The maximum atomic E-state index is 11.5. The molecule has 14 heavy (non-hydrogen) atoms. The minimum absolute atomic E-state index is 0.260. The van der Waals surface area contributed by atoms with Crippen molar-refractivity contribution in [3.63, 3.8) is 0 Å². The number of nitrogens with zero attached hydrogens (tertiary/aromatic N) is 1. The number of carbonyl (C=O) groups is 1. The topological polar surface area (TPSA) is 55.1 Å². The van der Waals surface area contributed by atoms with Gasteiger partial charge in [0, 0.05) is 11.9 Å². The molecule has 1 amide bonds. The first-order valence-corrected chi connectivity index (χ1v) is 4.93. The van der Waals surface area contributed by atoms with Crippen molar-refractivity contribution in [3.8, 4) is 0 Å². The molecule has 5 heteroatoms. The van der Waals surface area contributed by atoms with Crippen LogP contribution in [0, 0.1) is 0 Å². The number of carbonyl (C=O) groups excluding carboxylic acids is 1. The highest BCUT2D eigenvalue weighted by Crippen LogP contribution is 2.12. The minimum Gasteiger partial charge on any atom is -0.364 e. The molecule has 0 aliphatic heterocycles. The average Bonchev–Trinajstić information content (AvgIpc) is 2.70. The zero-order valence-corrected chi connectivity index (χ0v) is 8.97. The molecule has 1 aromatic heterocycles. The van der Waals surface area contributed by atoms with Crippen molar-refractivity contribution >= 4 is 17.5 Å². The molecule has 1 atom stereocenters. The van der Waals surface area contributed by atoms with E-state index >= 15 is 0 Å². The highest BCUT2D eigenvalue weighted by Gasteiger charge is 2.24. The summed E-state index contributed by atoms with van der Waals surface area (Å²) in [4.78, 5) is 11.5. The van der Waals surface area contributed by atoms with Crippen LogP contribution >= 0.6 is 11.6 Å². The van der Waals surface area contributed by atoms with Gasteiger partial charge in [0.05, 0.1) is 5.54 Å². The van der Waals surface area contributed by atoms with Crippen molar-refractivity contribution in [1.82, 2.24) is 10.5 Å². The van der Waals surface area contributed by atoms with Gasteiger partial charge in [-0.05, 0) is 13.3 Å². The van der Waals surface area contributed by atoms with E-state index in [1.54, 1.807) is 0 Å². The fourth-order valence-corrected chi connectivity index (χ4v) is 1.14. The van der Waals surface area contributed by atoms with Gasteiger partial charge < -0.3 is 9.84 Å². The number of halogens is 1. The Bertz CT molecular complexity index is 294. The van der Waals surface area contributed by atoms with Gasteiger partial charge >= 0.3 is 0 Å². The summed E-state index contributed by atoms with van der Waals surface area (Å²) in [7, 11) is 0. The van der Waals surface area contributed by atoms with Gasteiger partial charge in [-0.15, -0.1) is 11.6 Å². The van der Waals surface area contributed by atoms with Crippen LogP contribution in [0.25, 0.3) is 0 Å². The van der Waals surface area contributed by atoms with Gasteiger partial charge in [-0.25, -0.2) is 0 Å². The second-order valence-corrected chi connectivity index (χ2v) is 3.65. The molecule has 1 rings (SSSR count). The molecule has 0 bridgehead atoms. The third kappa shape index (κ3) is 2.48. The van der Waals surface area contributed by atoms with E-state index in [0.29, 0.717) is 5.88 Å². The van der Waals surface area contributed by atoms with Gasteiger partial charge in [0.1, 0.15) is 6.26 Å². The van der Waals surface area contributed by atoms with Gasteiger partial charge in [-0.1, -0.05) is 12.1 Å². The number of aromatic nitrogens is 1. The smallest absolute Gasteiger partial charge is 0.273 e. The Labute approximate surface area is 87.6 Å². The second kappa shape index (κ2) is 4.46. The summed E-state index contributed by atoms with van der Waals surface area (Å²) >= 11 is 5.76. The lowest BCUT2D eigenvalue weighted by Gasteiger charge is -2.26. The van der Waals surface area contributed by atoms with Crippen LogP contribution in [0.3, 0.4) is 0 Å². The van der Waals surface area contributed by atoms with Crippen LogP contribution in [-0.4, -0.2) is 22.5 Å². The second-order valence-electron chi connectivity index (χ2n) is 3.39. The van der Waals surface area contributed by atoms with Crippen molar-refractivity contribution in [2.45, 2.75) is 25.8 Å². The van der Waals surface area contributed by atoms with E-state index in [4.69, 9.17) is 11.6 Å². The van der Waals surface area contributed by atoms with Crippen LogP contribution in [0.15, 0.2) is 16.9 Å². The maximum absolute atomic E-state index is 11.5. The molecular weight excluding hydrogens is 204 g/mol. The van der Waals surface area contributed by atoms with E-state index in [-0.39, 0.29) is 11.6 Å². The molecule has 0 fully saturated rings. The van der Waals surface area contributed by atoms with E-state index in [9.17, 15) is 4.79 Å². The Morgan fingerprint density at radius 3 is 2.93 bits per heavy atom. The number of hydrogen-bond acceptors (Lipinski definition) is 3. The predicted octanol–water partition coefficient (Wildman–Crippen LogP) is 1.81. The highest BCUT2D eigenvalue weighted by atomic mass is 35.5. The van der Waals surface area contributed by atoms with Crippen molar-refractivity contribution in [3.05, 3.63) is 18.0 Å². The first kappa shape index (κ1) is 11.0. The molecule has 1 heterocycles. The fraction of sp³-hybridized carbons (Fsp3) is 0.556. The third-order valence-electron chi connectivity index (χ3n) is 2.16. The summed E-state index contributed by atoms with van der Waals surface area (Å²) in [5.74, 6) is 0.108. The lowest BCUT2D eigenvalue weighted by atomic mass is 10.0. The summed E-state index contributed by atoms with van der Waals surface area (Å²) in [6, 6.07) is 1.51. The Morgan fingerprint density at radius 1 is 1.79 bits per heavy atom. The summed E-state index contributed by atoms with van der Waals surface area (Å²) in [5.41, 5.74) is -0.118. The van der Waals surface area contributed by atoms with Gasteiger partial charge in [0.25, 0.3) is 5.91 Å². The lowest BCUT2D eigenvalue weighted by molar-refractivity contribution is 0.0903. The number of rotatable bonds is 4. The number of amides is 1. The van der Waals surface area contributed by atoms with E-state index in [2.05, 4.69) is 15.0 Å². The molecule has 0 saturated carbocycles. The first-order valence-electron chi connectivity index (χ1n) is 4.40. The normalized spacial score (nSPS) is 14.8. The largest absolute Gasteiger partial charge is 0.364 e. The van der Waals surface area contributed by atoms with Crippen molar-refractivity contribution in [2.75, 3.05) is 5.88 Å². The first-order chi connectivity index (χ1) is 6.61. The Kier molecular flexibility index (Phi) is 3.52. The number of alkyl halides is 1.